The summed E-state index contributed by atoms with van der Waals surface area (Å²) in [6.07, 6.45) is 1.75. The second kappa shape index (κ2) is 8.28. The van der Waals surface area contributed by atoms with Gasteiger partial charge in [0.2, 0.25) is 5.91 Å². The summed E-state index contributed by atoms with van der Waals surface area (Å²) in [6.45, 7) is 2.05. The van der Waals surface area contributed by atoms with E-state index in [2.05, 4.69) is 40.9 Å². The van der Waals surface area contributed by atoms with Gasteiger partial charge in [0, 0.05) is 10.5 Å². The predicted molar refractivity (Wildman–Crippen MR) is 119 cm³/mol. The van der Waals surface area contributed by atoms with Crippen LogP contribution in [-0.2, 0) is 4.79 Å². The molecule has 28 heavy (non-hydrogen) atoms. The number of hydrogen-bond acceptors (Lipinski definition) is 3. The zero-order valence-electron chi connectivity index (χ0n) is 15.6. The average molecular weight is 385 g/mol. The van der Waals surface area contributed by atoms with Crippen molar-refractivity contribution < 1.29 is 4.79 Å². The van der Waals surface area contributed by atoms with Crippen LogP contribution < -0.4 is 5.43 Å². The maximum Gasteiger partial charge on any atom is 0.250 e. The molecule has 0 spiro atoms. The van der Waals surface area contributed by atoms with E-state index in [0.29, 0.717) is 5.75 Å². The van der Waals surface area contributed by atoms with Gasteiger partial charge in [0.05, 0.1) is 12.0 Å². The number of nitrogens with one attached hydrogen (secondary N) is 1. The summed E-state index contributed by atoms with van der Waals surface area (Å²) in [6, 6.07) is 26.8. The minimum absolute atomic E-state index is 0.119. The normalized spacial score (nSPS) is 11.3. The minimum Gasteiger partial charge on any atom is -0.272 e. The Balaban J connectivity index is 1.51. The van der Waals surface area contributed by atoms with E-state index in [1.165, 1.54) is 17.3 Å². The van der Waals surface area contributed by atoms with Crippen LogP contribution in [0.1, 0.15) is 11.1 Å². The Hall–Kier alpha value is -3.11. The summed E-state index contributed by atoms with van der Waals surface area (Å²) in [5.41, 5.74) is 4.87. The van der Waals surface area contributed by atoms with Crippen molar-refractivity contribution in [1.29, 1.82) is 0 Å². The number of amides is 1. The highest BCUT2D eigenvalue weighted by atomic mass is 32.2. The van der Waals surface area contributed by atoms with Crippen molar-refractivity contribution in [3.63, 3.8) is 0 Å². The topological polar surface area (TPSA) is 41.5 Å². The first-order valence-corrected chi connectivity index (χ1v) is 10.1. The van der Waals surface area contributed by atoms with Gasteiger partial charge in [-0.05, 0) is 46.7 Å². The Morgan fingerprint density at radius 2 is 1.54 bits per heavy atom. The second-order valence-corrected chi connectivity index (χ2v) is 7.68. The Morgan fingerprint density at radius 3 is 2.18 bits per heavy atom. The first-order chi connectivity index (χ1) is 13.7. The first-order valence-electron chi connectivity index (χ1n) is 9.12. The smallest absolute Gasteiger partial charge is 0.250 e. The quantitative estimate of drug-likeness (QED) is 0.212. The van der Waals surface area contributed by atoms with E-state index in [4.69, 9.17) is 0 Å². The predicted octanol–water partition coefficient (Wildman–Crippen LogP) is 5.54. The zero-order valence-corrected chi connectivity index (χ0v) is 16.4. The van der Waals surface area contributed by atoms with Gasteiger partial charge in [-0.2, -0.15) is 5.10 Å². The number of nitrogens with zero attached hydrogens (tertiary/aromatic N) is 1. The molecule has 0 atom stereocenters. The third kappa shape index (κ3) is 4.07. The van der Waals surface area contributed by atoms with E-state index in [9.17, 15) is 4.79 Å². The number of thioether (sulfide) groups is 1. The number of rotatable bonds is 5. The molecule has 1 amide bonds. The number of hydrazone groups is 1. The summed E-state index contributed by atoms with van der Waals surface area (Å²) in [7, 11) is 0. The van der Waals surface area contributed by atoms with E-state index in [1.807, 2.05) is 55.5 Å². The molecule has 4 heteroatoms. The molecule has 0 aromatic heterocycles. The molecule has 0 aliphatic heterocycles. The fourth-order valence-electron chi connectivity index (χ4n) is 3.17. The molecule has 4 aromatic rings. The minimum atomic E-state index is -0.119. The SMILES string of the molecule is Cc1ccc(SCC(=O)N/N=C\c2c3ccccc3cc3ccccc23)cc1. The number of aryl methyl sites for hydroxylation is 1. The maximum atomic E-state index is 12.2. The van der Waals surface area contributed by atoms with Crippen LogP contribution in [0.2, 0.25) is 0 Å². The van der Waals surface area contributed by atoms with Crippen molar-refractivity contribution in [3.05, 3.63) is 90.0 Å². The van der Waals surface area contributed by atoms with Crippen LogP contribution in [0, 0.1) is 6.92 Å². The molecule has 0 bridgehead atoms. The largest absolute Gasteiger partial charge is 0.272 e. The molecule has 0 saturated carbocycles. The van der Waals surface area contributed by atoms with Crippen LogP contribution >= 0.6 is 11.8 Å². The molecule has 138 valence electrons. The molecule has 0 radical (unpaired) electrons. The fraction of sp³-hybridized carbons (Fsp3) is 0.0833. The number of carbonyl (C=O) groups excluding carboxylic acids is 1. The molecule has 3 nitrogen and oxygen atoms in total. The Morgan fingerprint density at radius 1 is 0.929 bits per heavy atom. The molecule has 0 aliphatic carbocycles. The first kappa shape index (κ1) is 18.3. The van der Waals surface area contributed by atoms with Crippen molar-refractivity contribution in [2.45, 2.75) is 11.8 Å². The van der Waals surface area contributed by atoms with Crippen molar-refractivity contribution in [3.8, 4) is 0 Å². The Labute approximate surface area is 168 Å². The van der Waals surface area contributed by atoms with Gasteiger partial charge in [0.15, 0.2) is 0 Å². The highest BCUT2D eigenvalue weighted by Gasteiger charge is 2.06. The van der Waals surface area contributed by atoms with E-state index >= 15 is 0 Å². The van der Waals surface area contributed by atoms with Gasteiger partial charge in [-0.15, -0.1) is 11.8 Å². The van der Waals surface area contributed by atoms with Crippen molar-refractivity contribution >= 4 is 45.4 Å². The number of benzene rings is 4. The molecule has 1 N–H and O–H groups in total. The van der Waals surface area contributed by atoms with Gasteiger partial charge < -0.3 is 0 Å². The van der Waals surface area contributed by atoms with E-state index in [1.54, 1.807) is 6.21 Å². The van der Waals surface area contributed by atoms with E-state index < -0.39 is 0 Å². The van der Waals surface area contributed by atoms with Crippen LogP contribution in [0.4, 0.5) is 0 Å². The van der Waals surface area contributed by atoms with Crippen LogP contribution in [-0.4, -0.2) is 17.9 Å². The zero-order chi connectivity index (χ0) is 19.3. The Kier molecular flexibility index (Phi) is 5.40. The molecular weight excluding hydrogens is 364 g/mol. The maximum absolute atomic E-state index is 12.2. The number of fused-ring (bicyclic) bond motifs is 2. The van der Waals surface area contributed by atoms with Gasteiger partial charge in [-0.1, -0.05) is 66.2 Å². The van der Waals surface area contributed by atoms with Gasteiger partial charge >= 0.3 is 0 Å². The van der Waals surface area contributed by atoms with Crippen molar-refractivity contribution in [2.75, 3.05) is 5.75 Å². The molecule has 0 aliphatic rings. The second-order valence-electron chi connectivity index (χ2n) is 6.63. The molecule has 4 rings (SSSR count). The van der Waals surface area contributed by atoms with E-state index in [-0.39, 0.29) is 5.91 Å². The highest BCUT2D eigenvalue weighted by molar-refractivity contribution is 8.00. The molecular formula is C24H20N2OS. The lowest BCUT2D eigenvalue weighted by Crippen LogP contribution is -2.19. The lowest BCUT2D eigenvalue weighted by molar-refractivity contribution is -0.118. The number of hydrogen-bond donors (Lipinski definition) is 1. The lowest BCUT2D eigenvalue weighted by atomic mass is 9.97. The van der Waals surface area contributed by atoms with Crippen molar-refractivity contribution in [2.24, 2.45) is 5.10 Å². The summed E-state index contributed by atoms with van der Waals surface area (Å²) < 4.78 is 0. The summed E-state index contributed by atoms with van der Waals surface area (Å²) in [4.78, 5) is 13.2. The lowest BCUT2D eigenvalue weighted by Gasteiger charge is -2.08. The third-order valence-corrected chi connectivity index (χ3v) is 5.60. The number of carbonyl (C=O) groups is 1. The molecule has 0 fully saturated rings. The van der Waals surface area contributed by atoms with Crippen LogP contribution in [0.25, 0.3) is 21.5 Å². The van der Waals surface area contributed by atoms with Crippen LogP contribution in [0.15, 0.2) is 88.9 Å². The summed E-state index contributed by atoms with van der Waals surface area (Å²) in [5.74, 6) is 0.211. The standard InChI is InChI=1S/C24H20N2OS/c1-17-10-12-20(13-11-17)28-16-24(27)26-25-15-23-21-8-4-2-6-18(21)14-19-7-3-5-9-22(19)23/h2-15H,16H2,1H3,(H,26,27)/b25-15-. The van der Waals surface area contributed by atoms with Crippen molar-refractivity contribution in [1.82, 2.24) is 5.43 Å². The van der Waals surface area contributed by atoms with Gasteiger partial charge in [-0.3, -0.25) is 4.79 Å². The average Bonchev–Trinajstić information content (AvgIpc) is 2.73. The Bertz CT molecular complexity index is 1110. The molecule has 0 unspecified atom stereocenters. The van der Waals surface area contributed by atoms with E-state index in [0.717, 1.165) is 32.0 Å². The summed E-state index contributed by atoms with van der Waals surface area (Å²) in [5, 5.41) is 8.78. The molecule has 4 aromatic carbocycles. The summed E-state index contributed by atoms with van der Waals surface area (Å²) >= 11 is 1.50. The van der Waals surface area contributed by atoms with Crippen LogP contribution in [0.5, 0.6) is 0 Å². The highest BCUT2D eigenvalue weighted by Crippen LogP contribution is 2.27. The third-order valence-electron chi connectivity index (χ3n) is 4.59. The molecule has 0 saturated heterocycles. The van der Waals surface area contributed by atoms with Gasteiger partial charge in [-0.25, -0.2) is 5.43 Å². The van der Waals surface area contributed by atoms with Crippen LogP contribution in [0.3, 0.4) is 0 Å². The monoisotopic (exact) mass is 384 g/mol. The van der Waals surface area contributed by atoms with Gasteiger partial charge in [0.1, 0.15) is 0 Å². The van der Waals surface area contributed by atoms with Gasteiger partial charge in [0.25, 0.3) is 0 Å². The fourth-order valence-corrected chi connectivity index (χ4v) is 3.86. The molecule has 0 heterocycles.